The van der Waals surface area contributed by atoms with Crippen LogP contribution in [0.4, 0.5) is 0 Å². The summed E-state index contributed by atoms with van der Waals surface area (Å²) in [6.07, 6.45) is 7.75. The third-order valence-electron chi connectivity index (χ3n) is 1.98. The Labute approximate surface area is 86.6 Å². The van der Waals surface area contributed by atoms with Crippen molar-refractivity contribution < 1.29 is 4.79 Å². The standard InChI is InChI=1S/C11H20N2O/c1-4-6-7-8-12-9-11(14)13-10(3)5-2/h1,10,12H,5-9H2,2-3H3,(H,13,14). The summed E-state index contributed by atoms with van der Waals surface area (Å²) < 4.78 is 0. The molecule has 0 aromatic carbocycles. The minimum Gasteiger partial charge on any atom is -0.353 e. The van der Waals surface area contributed by atoms with Crippen LogP contribution in [0.5, 0.6) is 0 Å². The number of carbonyl (C=O) groups is 1. The highest BCUT2D eigenvalue weighted by atomic mass is 16.1. The van der Waals surface area contributed by atoms with Gasteiger partial charge in [0.05, 0.1) is 6.54 Å². The number of amides is 1. The van der Waals surface area contributed by atoms with Gasteiger partial charge >= 0.3 is 0 Å². The number of terminal acetylenes is 1. The maximum absolute atomic E-state index is 11.2. The van der Waals surface area contributed by atoms with Crippen LogP contribution in [0.25, 0.3) is 0 Å². The molecule has 3 heteroatoms. The van der Waals surface area contributed by atoms with Crippen LogP contribution in [0, 0.1) is 12.3 Å². The molecule has 0 heterocycles. The summed E-state index contributed by atoms with van der Waals surface area (Å²) in [5.74, 6) is 2.61. The van der Waals surface area contributed by atoms with Crippen molar-refractivity contribution in [2.75, 3.05) is 13.1 Å². The van der Waals surface area contributed by atoms with E-state index in [-0.39, 0.29) is 11.9 Å². The van der Waals surface area contributed by atoms with Crippen molar-refractivity contribution in [3.8, 4) is 12.3 Å². The van der Waals surface area contributed by atoms with Gasteiger partial charge in [0, 0.05) is 12.5 Å². The Balaban J connectivity index is 3.32. The molecule has 0 bridgehead atoms. The van der Waals surface area contributed by atoms with Gasteiger partial charge in [-0.2, -0.15) is 0 Å². The zero-order valence-corrected chi connectivity index (χ0v) is 9.10. The number of unbranched alkanes of at least 4 members (excludes halogenated alkanes) is 1. The van der Waals surface area contributed by atoms with Crippen molar-refractivity contribution in [2.24, 2.45) is 0 Å². The summed E-state index contributed by atoms with van der Waals surface area (Å²) in [6, 6.07) is 0.259. The minimum absolute atomic E-state index is 0.0556. The second-order valence-corrected chi connectivity index (χ2v) is 3.36. The van der Waals surface area contributed by atoms with E-state index in [0.717, 1.165) is 25.8 Å². The molecule has 3 nitrogen and oxygen atoms in total. The first-order valence-electron chi connectivity index (χ1n) is 5.14. The Hall–Kier alpha value is -1.01. The highest BCUT2D eigenvalue weighted by molar-refractivity contribution is 5.78. The van der Waals surface area contributed by atoms with E-state index in [1.54, 1.807) is 0 Å². The molecule has 0 aromatic heterocycles. The first kappa shape index (κ1) is 13.0. The van der Waals surface area contributed by atoms with Crippen LogP contribution in [-0.2, 0) is 4.79 Å². The summed E-state index contributed by atoms with van der Waals surface area (Å²) in [5.41, 5.74) is 0. The molecule has 1 amide bonds. The van der Waals surface area contributed by atoms with Gasteiger partial charge in [0.15, 0.2) is 0 Å². The van der Waals surface area contributed by atoms with Crippen molar-refractivity contribution in [2.45, 2.75) is 39.2 Å². The molecule has 2 N–H and O–H groups in total. The lowest BCUT2D eigenvalue weighted by Gasteiger charge is -2.11. The highest BCUT2D eigenvalue weighted by Crippen LogP contribution is 1.87. The molecule has 14 heavy (non-hydrogen) atoms. The fourth-order valence-corrected chi connectivity index (χ4v) is 0.945. The summed E-state index contributed by atoms with van der Waals surface area (Å²) >= 11 is 0. The van der Waals surface area contributed by atoms with Crippen LogP contribution in [0.1, 0.15) is 33.1 Å². The van der Waals surface area contributed by atoms with Crippen LogP contribution in [0.2, 0.25) is 0 Å². The average molecular weight is 196 g/mol. The van der Waals surface area contributed by atoms with E-state index in [0.29, 0.717) is 6.54 Å². The molecule has 0 aromatic rings. The SMILES string of the molecule is C#CCCCNCC(=O)NC(C)CC. The van der Waals surface area contributed by atoms with Crippen molar-refractivity contribution >= 4 is 5.91 Å². The molecule has 0 aliphatic rings. The monoisotopic (exact) mass is 196 g/mol. The fourth-order valence-electron chi connectivity index (χ4n) is 0.945. The molecule has 0 fully saturated rings. The minimum atomic E-state index is 0.0556. The molecule has 0 saturated carbocycles. The van der Waals surface area contributed by atoms with E-state index in [1.165, 1.54) is 0 Å². The maximum Gasteiger partial charge on any atom is 0.234 e. The Morgan fingerprint density at radius 1 is 1.57 bits per heavy atom. The first-order chi connectivity index (χ1) is 6.70. The van der Waals surface area contributed by atoms with E-state index < -0.39 is 0 Å². The molecule has 0 rings (SSSR count). The van der Waals surface area contributed by atoms with Crippen molar-refractivity contribution in [3.05, 3.63) is 0 Å². The lowest BCUT2D eigenvalue weighted by atomic mass is 10.2. The van der Waals surface area contributed by atoms with Gasteiger partial charge in [-0.05, 0) is 26.3 Å². The lowest BCUT2D eigenvalue weighted by Crippen LogP contribution is -2.38. The Morgan fingerprint density at radius 3 is 2.86 bits per heavy atom. The molecule has 1 atom stereocenters. The van der Waals surface area contributed by atoms with Crippen LogP contribution >= 0.6 is 0 Å². The summed E-state index contributed by atoms with van der Waals surface area (Å²) in [7, 11) is 0. The topological polar surface area (TPSA) is 41.1 Å². The third kappa shape index (κ3) is 7.63. The quantitative estimate of drug-likeness (QED) is 0.469. The van der Waals surface area contributed by atoms with Crippen LogP contribution in [-0.4, -0.2) is 25.0 Å². The average Bonchev–Trinajstić information content (AvgIpc) is 2.17. The van der Waals surface area contributed by atoms with Gasteiger partial charge in [-0.25, -0.2) is 0 Å². The molecule has 0 saturated heterocycles. The molecule has 0 spiro atoms. The lowest BCUT2D eigenvalue weighted by molar-refractivity contribution is -0.120. The van der Waals surface area contributed by atoms with Crippen molar-refractivity contribution in [3.63, 3.8) is 0 Å². The second kappa shape index (κ2) is 8.58. The smallest absolute Gasteiger partial charge is 0.234 e. The normalized spacial score (nSPS) is 11.8. The van der Waals surface area contributed by atoms with Crippen LogP contribution in [0.15, 0.2) is 0 Å². The molecular weight excluding hydrogens is 176 g/mol. The van der Waals surface area contributed by atoms with Crippen LogP contribution < -0.4 is 10.6 Å². The van der Waals surface area contributed by atoms with E-state index >= 15 is 0 Å². The molecular formula is C11H20N2O. The third-order valence-corrected chi connectivity index (χ3v) is 1.98. The Kier molecular flexibility index (Phi) is 7.96. The number of nitrogens with one attached hydrogen (secondary N) is 2. The first-order valence-corrected chi connectivity index (χ1v) is 5.14. The molecule has 0 aliphatic heterocycles. The predicted molar refractivity (Wildman–Crippen MR) is 58.8 cm³/mol. The zero-order chi connectivity index (χ0) is 10.8. The number of carbonyl (C=O) groups excluding carboxylic acids is 1. The number of hydrogen-bond donors (Lipinski definition) is 2. The zero-order valence-electron chi connectivity index (χ0n) is 9.10. The van der Waals surface area contributed by atoms with Crippen LogP contribution in [0.3, 0.4) is 0 Å². The van der Waals surface area contributed by atoms with E-state index in [2.05, 4.69) is 16.6 Å². The van der Waals surface area contributed by atoms with E-state index in [1.807, 2.05) is 13.8 Å². The second-order valence-electron chi connectivity index (χ2n) is 3.36. The fraction of sp³-hybridized carbons (Fsp3) is 0.727. The van der Waals surface area contributed by atoms with Gasteiger partial charge in [0.1, 0.15) is 0 Å². The number of hydrogen-bond acceptors (Lipinski definition) is 2. The molecule has 80 valence electrons. The predicted octanol–water partition coefficient (Wildman–Crippen LogP) is 0.904. The molecule has 0 aliphatic carbocycles. The van der Waals surface area contributed by atoms with Gasteiger partial charge in [-0.15, -0.1) is 12.3 Å². The molecule has 1 unspecified atom stereocenters. The van der Waals surface area contributed by atoms with E-state index in [4.69, 9.17) is 6.42 Å². The van der Waals surface area contributed by atoms with Gasteiger partial charge in [-0.3, -0.25) is 4.79 Å². The van der Waals surface area contributed by atoms with Crippen molar-refractivity contribution in [1.29, 1.82) is 0 Å². The molecule has 0 radical (unpaired) electrons. The summed E-state index contributed by atoms with van der Waals surface area (Å²) in [4.78, 5) is 11.2. The maximum atomic E-state index is 11.2. The Bertz CT molecular complexity index is 196. The largest absolute Gasteiger partial charge is 0.353 e. The number of rotatable bonds is 7. The van der Waals surface area contributed by atoms with Gasteiger partial charge in [0.2, 0.25) is 5.91 Å². The summed E-state index contributed by atoms with van der Waals surface area (Å²) in [5, 5.41) is 5.92. The summed E-state index contributed by atoms with van der Waals surface area (Å²) in [6.45, 7) is 5.23. The van der Waals surface area contributed by atoms with Gasteiger partial charge < -0.3 is 10.6 Å². The van der Waals surface area contributed by atoms with E-state index in [9.17, 15) is 4.79 Å². The Morgan fingerprint density at radius 2 is 2.29 bits per heavy atom. The van der Waals surface area contributed by atoms with Gasteiger partial charge in [0.25, 0.3) is 0 Å². The van der Waals surface area contributed by atoms with Gasteiger partial charge in [-0.1, -0.05) is 6.92 Å². The van der Waals surface area contributed by atoms with Crippen molar-refractivity contribution in [1.82, 2.24) is 10.6 Å². The highest BCUT2D eigenvalue weighted by Gasteiger charge is 2.03.